The van der Waals surface area contributed by atoms with Gasteiger partial charge in [0.25, 0.3) is 0 Å². The molecular weight excluding hydrogens is 381 g/mol. The minimum atomic E-state index is -5.08. The minimum absolute atomic E-state index is 0. The van der Waals surface area contributed by atoms with E-state index in [1.807, 2.05) is 0 Å². The second kappa shape index (κ2) is 8.41. The number of halogens is 8. The Morgan fingerprint density at radius 2 is 1.68 bits per heavy atom. The van der Waals surface area contributed by atoms with E-state index in [1.165, 1.54) is 4.90 Å². The van der Waals surface area contributed by atoms with Crippen LogP contribution >= 0.6 is 12.4 Å². The number of piperazine rings is 1. The first-order chi connectivity index (χ1) is 11.1. The molecule has 0 bridgehead atoms. The maximum Gasteiger partial charge on any atom is 0.573 e. The lowest BCUT2D eigenvalue weighted by atomic mass is 10.0. The fraction of sp³-hybridized carbons (Fsp3) is 0.571. The number of rotatable bonds is 4. The molecule has 0 radical (unpaired) electrons. The van der Waals surface area contributed by atoms with Gasteiger partial charge >= 0.3 is 12.5 Å². The van der Waals surface area contributed by atoms with Gasteiger partial charge in [0.2, 0.25) is 0 Å². The van der Waals surface area contributed by atoms with E-state index >= 15 is 0 Å². The van der Waals surface area contributed by atoms with Crippen molar-refractivity contribution in [2.75, 3.05) is 26.2 Å². The molecule has 0 unspecified atom stereocenters. The first kappa shape index (κ1) is 21.8. The molecule has 1 aliphatic rings. The zero-order chi connectivity index (χ0) is 18.0. The Balaban J connectivity index is 0.00000312. The highest BCUT2D eigenvalue weighted by Crippen LogP contribution is 2.36. The lowest BCUT2D eigenvalue weighted by molar-refractivity contribution is -0.275. The molecule has 0 aliphatic carbocycles. The van der Waals surface area contributed by atoms with Gasteiger partial charge in [-0.25, -0.2) is 4.39 Å². The molecule has 0 saturated carbocycles. The largest absolute Gasteiger partial charge is 0.573 e. The van der Waals surface area contributed by atoms with Gasteiger partial charge in [0.15, 0.2) is 11.6 Å². The number of nitrogens with zero attached hydrogens (tertiary/aromatic N) is 1. The Hall–Kier alpha value is -1.26. The summed E-state index contributed by atoms with van der Waals surface area (Å²) in [6.45, 7) is 1.60. The highest BCUT2D eigenvalue weighted by atomic mass is 35.5. The summed E-state index contributed by atoms with van der Waals surface area (Å²) in [5, 5.41) is 2.99. The molecule has 1 aromatic rings. The van der Waals surface area contributed by atoms with Crippen molar-refractivity contribution in [3.8, 4) is 5.75 Å². The van der Waals surface area contributed by atoms with Crippen molar-refractivity contribution < 1.29 is 35.5 Å². The van der Waals surface area contributed by atoms with Crippen LogP contribution in [0.4, 0.5) is 30.7 Å². The molecule has 144 valence electrons. The van der Waals surface area contributed by atoms with E-state index in [9.17, 15) is 30.7 Å². The highest BCUT2D eigenvalue weighted by molar-refractivity contribution is 5.85. The monoisotopic (exact) mass is 396 g/mol. The summed E-state index contributed by atoms with van der Waals surface area (Å²) in [4.78, 5) is 1.53. The van der Waals surface area contributed by atoms with Gasteiger partial charge < -0.3 is 10.1 Å². The molecule has 3 nitrogen and oxygen atoms in total. The second-order valence-corrected chi connectivity index (χ2v) is 5.36. The molecule has 1 fully saturated rings. The smallest absolute Gasteiger partial charge is 0.403 e. The quantitative estimate of drug-likeness (QED) is 0.777. The lowest BCUT2D eigenvalue weighted by Gasteiger charge is -2.35. The average Bonchev–Trinajstić information content (AvgIpc) is 2.46. The van der Waals surface area contributed by atoms with Crippen LogP contribution in [0.5, 0.6) is 5.75 Å². The third kappa shape index (κ3) is 6.87. The van der Waals surface area contributed by atoms with Gasteiger partial charge in [0.1, 0.15) is 0 Å². The second-order valence-electron chi connectivity index (χ2n) is 5.36. The van der Waals surface area contributed by atoms with Crippen LogP contribution < -0.4 is 10.1 Å². The third-order valence-corrected chi connectivity index (χ3v) is 3.58. The summed E-state index contributed by atoms with van der Waals surface area (Å²) in [6.07, 6.45) is -10.8. The predicted molar refractivity (Wildman–Crippen MR) is 78.2 cm³/mol. The van der Waals surface area contributed by atoms with Crippen molar-refractivity contribution in [3.05, 3.63) is 29.6 Å². The van der Waals surface area contributed by atoms with Crippen LogP contribution in [0, 0.1) is 5.82 Å². The van der Waals surface area contributed by atoms with Crippen LogP contribution in [0.1, 0.15) is 18.0 Å². The molecule has 1 saturated heterocycles. The van der Waals surface area contributed by atoms with Crippen molar-refractivity contribution in [2.24, 2.45) is 0 Å². The molecule has 1 aromatic carbocycles. The molecule has 1 N–H and O–H groups in total. The van der Waals surface area contributed by atoms with E-state index < -0.39 is 36.6 Å². The summed E-state index contributed by atoms with van der Waals surface area (Å²) in [7, 11) is 0. The minimum Gasteiger partial charge on any atom is -0.403 e. The number of hydrogen-bond acceptors (Lipinski definition) is 3. The SMILES string of the molecule is Cl.Fc1cc([C@@H](CC(F)(F)F)N2CCNCC2)ccc1OC(F)(F)F. The van der Waals surface area contributed by atoms with Gasteiger partial charge in [-0.15, -0.1) is 25.6 Å². The Kier molecular flexibility index (Phi) is 7.33. The maximum atomic E-state index is 13.8. The Bertz CT molecular complexity index is 559. The summed E-state index contributed by atoms with van der Waals surface area (Å²) >= 11 is 0. The van der Waals surface area contributed by atoms with Gasteiger partial charge in [-0.3, -0.25) is 4.90 Å². The lowest BCUT2D eigenvalue weighted by Crippen LogP contribution is -2.46. The summed E-state index contributed by atoms with van der Waals surface area (Å²) < 4.78 is 92.2. The molecule has 1 atom stereocenters. The predicted octanol–water partition coefficient (Wildman–Crippen LogP) is 4.04. The summed E-state index contributed by atoms with van der Waals surface area (Å²) in [5.74, 6) is -2.43. The molecule has 1 aliphatic heterocycles. The van der Waals surface area contributed by atoms with Gasteiger partial charge in [0, 0.05) is 32.2 Å². The fourth-order valence-electron chi connectivity index (χ4n) is 2.60. The van der Waals surface area contributed by atoms with Crippen LogP contribution in [0.25, 0.3) is 0 Å². The molecule has 2 rings (SSSR count). The van der Waals surface area contributed by atoms with Gasteiger partial charge in [-0.2, -0.15) is 13.2 Å². The standard InChI is InChI=1S/C14H15F7N2O.ClH/c15-10-7-9(1-2-12(10)24-14(19,20)21)11(8-13(16,17)18)23-5-3-22-4-6-23;/h1-2,7,11,22H,3-6,8H2;1H/t11-;/m1./s1. The summed E-state index contributed by atoms with van der Waals surface area (Å²) in [5.41, 5.74) is -0.0405. The Labute approximate surface area is 145 Å². The highest BCUT2D eigenvalue weighted by Gasteiger charge is 2.37. The van der Waals surface area contributed by atoms with E-state index in [4.69, 9.17) is 0 Å². The van der Waals surface area contributed by atoms with Crippen molar-refractivity contribution in [1.29, 1.82) is 0 Å². The normalized spacial score (nSPS) is 17.7. The zero-order valence-corrected chi connectivity index (χ0v) is 13.6. The van der Waals surface area contributed by atoms with Crippen molar-refractivity contribution >= 4 is 12.4 Å². The van der Waals surface area contributed by atoms with Gasteiger partial charge in [0.05, 0.1) is 6.42 Å². The first-order valence-electron chi connectivity index (χ1n) is 7.12. The van der Waals surface area contributed by atoms with Crippen LogP contribution in [0.2, 0.25) is 0 Å². The van der Waals surface area contributed by atoms with Gasteiger partial charge in [-0.05, 0) is 17.7 Å². The van der Waals surface area contributed by atoms with Crippen LogP contribution in [0.15, 0.2) is 18.2 Å². The van der Waals surface area contributed by atoms with Crippen molar-refractivity contribution in [3.63, 3.8) is 0 Å². The third-order valence-electron chi connectivity index (χ3n) is 3.58. The molecule has 11 heteroatoms. The maximum absolute atomic E-state index is 13.8. The number of ether oxygens (including phenoxy) is 1. The van der Waals surface area contributed by atoms with Gasteiger partial charge in [-0.1, -0.05) is 6.07 Å². The molecule has 0 spiro atoms. The Morgan fingerprint density at radius 3 is 2.16 bits per heavy atom. The molecule has 25 heavy (non-hydrogen) atoms. The van der Waals surface area contributed by atoms with Crippen molar-refractivity contribution in [2.45, 2.75) is 25.0 Å². The fourth-order valence-corrected chi connectivity index (χ4v) is 2.60. The number of benzene rings is 1. The molecular formula is C14H16ClF7N2O. The van der Waals surface area contributed by atoms with E-state index in [0.29, 0.717) is 38.3 Å². The number of hydrogen-bond donors (Lipinski definition) is 1. The number of nitrogens with one attached hydrogen (secondary N) is 1. The molecule has 0 aromatic heterocycles. The zero-order valence-electron chi connectivity index (χ0n) is 12.8. The van der Waals surface area contributed by atoms with E-state index in [2.05, 4.69) is 10.1 Å². The summed E-state index contributed by atoms with van der Waals surface area (Å²) in [6, 6.07) is 1.23. The Morgan fingerprint density at radius 1 is 1.08 bits per heavy atom. The van der Waals surface area contributed by atoms with Crippen molar-refractivity contribution in [1.82, 2.24) is 10.2 Å². The molecule has 0 amide bonds. The first-order valence-corrected chi connectivity index (χ1v) is 7.12. The van der Waals surface area contributed by atoms with E-state index in [-0.39, 0.29) is 18.0 Å². The number of alkyl halides is 6. The average molecular weight is 397 g/mol. The van der Waals surface area contributed by atoms with Crippen LogP contribution in [-0.2, 0) is 0 Å². The van der Waals surface area contributed by atoms with Crippen LogP contribution in [0.3, 0.4) is 0 Å². The molecule has 1 heterocycles. The van der Waals surface area contributed by atoms with Crippen LogP contribution in [-0.4, -0.2) is 43.6 Å². The van der Waals surface area contributed by atoms with E-state index in [0.717, 1.165) is 6.07 Å². The topological polar surface area (TPSA) is 24.5 Å². The van der Waals surface area contributed by atoms with E-state index in [1.54, 1.807) is 0 Å².